The van der Waals surface area contributed by atoms with Crippen molar-refractivity contribution in [1.82, 2.24) is 9.97 Å². The summed E-state index contributed by atoms with van der Waals surface area (Å²) in [5.74, 6) is 1.41. The van der Waals surface area contributed by atoms with Gasteiger partial charge >= 0.3 is 0 Å². The maximum absolute atomic E-state index is 6.13. The van der Waals surface area contributed by atoms with Gasteiger partial charge in [-0.25, -0.2) is 9.97 Å². The lowest BCUT2D eigenvalue weighted by Crippen LogP contribution is -2.30. The number of ether oxygens (including phenoxy) is 1. The molecule has 0 amide bonds. The summed E-state index contributed by atoms with van der Waals surface area (Å²) in [4.78, 5) is 9.13. The van der Waals surface area contributed by atoms with Gasteiger partial charge in [0.2, 0.25) is 5.88 Å². The molecule has 2 aromatic rings. The molecule has 0 aliphatic heterocycles. The van der Waals surface area contributed by atoms with E-state index in [4.69, 9.17) is 4.74 Å². The Labute approximate surface area is 140 Å². The van der Waals surface area contributed by atoms with Gasteiger partial charge in [0.05, 0.1) is 11.0 Å². The van der Waals surface area contributed by atoms with Gasteiger partial charge in [0.1, 0.15) is 6.10 Å². The van der Waals surface area contributed by atoms with E-state index < -0.39 is 0 Å². The van der Waals surface area contributed by atoms with Crippen LogP contribution in [0.5, 0.6) is 5.88 Å². The summed E-state index contributed by atoms with van der Waals surface area (Å²) in [6.07, 6.45) is 4.91. The van der Waals surface area contributed by atoms with Crippen LogP contribution in [-0.4, -0.2) is 16.1 Å². The highest BCUT2D eigenvalue weighted by molar-refractivity contribution is 9.10. The van der Waals surface area contributed by atoms with Crippen LogP contribution in [-0.2, 0) is 0 Å². The summed E-state index contributed by atoms with van der Waals surface area (Å²) in [5, 5.41) is 0. The van der Waals surface area contributed by atoms with Crippen LogP contribution in [0.15, 0.2) is 28.9 Å². The van der Waals surface area contributed by atoms with E-state index in [1.807, 2.05) is 24.3 Å². The van der Waals surface area contributed by atoms with E-state index in [0.717, 1.165) is 29.8 Å². The van der Waals surface area contributed by atoms with Gasteiger partial charge in [-0.1, -0.05) is 32.9 Å². The zero-order valence-electron chi connectivity index (χ0n) is 13.5. The molecule has 4 heteroatoms. The van der Waals surface area contributed by atoms with Crippen molar-refractivity contribution in [3.05, 3.63) is 28.9 Å². The van der Waals surface area contributed by atoms with E-state index in [9.17, 15) is 0 Å². The highest BCUT2D eigenvalue weighted by atomic mass is 79.9. The van der Waals surface area contributed by atoms with Crippen LogP contribution < -0.4 is 4.74 Å². The minimum Gasteiger partial charge on any atom is -0.472 e. The largest absolute Gasteiger partial charge is 0.472 e. The minimum absolute atomic E-state index is 0.255. The van der Waals surface area contributed by atoms with Crippen molar-refractivity contribution in [3.8, 4) is 5.88 Å². The lowest BCUT2D eigenvalue weighted by atomic mass is 9.72. The molecule has 0 unspecified atom stereocenters. The first-order chi connectivity index (χ1) is 10.4. The standard InChI is InChI=1S/C18H23BrN2O/c1-18(2,3)12-8-10-13(11-9-12)22-17-16(19)20-14-6-4-5-7-15(14)21-17/h4-7,12-13H,8-11H2,1-3H3. The molecule has 0 bridgehead atoms. The van der Waals surface area contributed by atoms with Crippen LogP contribution in [0.25, 0.3) is 11.0 Å². The third kappa shape index (κ3) is 3.43. The summed E-state index contributed by atoms with van der Waals surface area (Å²) in [6, 6.07) is 7.88. The lowest BCUT2D eigenvalue weighted by Gasteiger charge is -2.36. The van der Waals surface area contributed by atoms with E-state index >= 15 is 0 Å². The van der Waals surface area contributed by atoms with Gasteiger partial charge in [-0.3, -0.25) is 0 Å². The number of hydrogen-bond acceptors (Lipinski definition) is 3. The fraction of sp³-hybridized carbons (Fsp3) is 0.556. The Balaban J connectivity index is 1.71. The molecular weight excluding hydrogens is 340 g/mol. The zero-order chi connectivity index (χ0) is 15.7. The maximum Gasteiger partial charge on any atom is 0.248 e. The normalized spacial score (nSPS) is 22.7. The molecule has 3 nitrogen and oxygen atoms in total. The van der Waals surface area contributed by atoms with E-state index in [1.165, 1.54) is 12.8 Å². The summed E-state index contributed by atoms with van der Waals surface area (Å²) in [6.45, 7) is 7.01. The van der Waals surface area contributed by atoms with Crippen molar-refractivity contribution in [2.24, 2.45) is 11.3 Å². The van der Waals surface area contributed by atoms with E-state index in [-0.39, 0.29) is 6.10 Å². The van der Waals surface area contributed by atoms with Gasteiger partial charge in [-0.15, -0.1) is 0 Å². The molecule has 1 saturated carbocycles. The van der Waals surface area contributed by atoms with E-state index in [1.54, 1.807) is 0 Å². The van der Waals surface area contributed by atoms with Crippen LogP contribution in [0.3, 0.4) is 0 Å². The first-order valence-corrected chi connectivity index (χ1v) is 8.82. The maximum atomic E-state index is 6.13. The highest BCUT2D eigenvalue weighted by Crippen LogP contribution is 2.39. The number of halogens is 1. The smallest absolute Gasteiger partial charge is 0.248 e. The van der Waals surface area contributed by atoms with Gasteiger partial charge in [0.15, 0.2) is 4.60 Å². The Morgan fingerprint density at radius 3 is 2.18 bits per heavy atom. The van der Waals surface area contributed by atoms with Crippen molar-refractivity contribution in [2.75, 3.05) is 0 Å². The van der Waals surface area contributed by atoms with Crippen LogP contribution in [0.4, 0.5) is 0 Å². The van der Waals surface area contributed by atoms with Gasteiger partial charge in [0, 0.05) is 0 Å². The molecule has 0 N–H and O–H groups in total. The van der Waals surface area contributed by atoms with Crippen molar-refractivity contribution >= 4 is 27.0 Å². The van der Waals surface area contributed by atoms with Gasteiger partial charge in [-0.05, 0) is 65.1 Å². The van der Waals surface area contributed by atoms with Crippen LogP contribution in [0, 0.1) is 11.3 Å². The molecule has 22 heavy (non-hydrogen) atoms. The van der Waals surface area contributed by atoms with Crippen LogP contribution in [0.2, 0.25) is 0 Å². The number of rotatable bonds is 2. The molecule has 0 spiro atoms. The molecule has 1 aliphatic carbocycles. The molecule has 1 aliphatic rings. The number of hydrogen-bond donors (Lipinski definition) is 0. The van der Waals surface area contributed by atoms with E-state index in [2.05, 4.69) is 46.7 Å². The van der Waals surface area contributed by atoms with Gasteiger partial charge in [0.25, 0.3) is 0 Å². The second-order valence-corrected chi connectivity index (χ2v) is 8.02. The number of nitrogens with zero attached hydrogens (tertiary/aromatic N) is 2. The predicted octanol–water partition coefficient (Wildman–Crippen LogP) is 5.38. The molecule has 1 aromatic heterocycles. The Kier molecular flexibility index (Phi) is 4.40. The number of fused-ring (bicyclic) bond motifs is 1. The van der Waals surface area contributed by atoms with Crippen molar-refractivity contribution in [2.45, 2.75) is 52.6 Å². The number of benzene rings is 1. The summed E-state index contributed by atoms with van der Waals surface area (Å²) >= 11 is 3.49. The van der Waals surface area contributed by atoms with E-state index in [0.29, 0.717) is 15.9 Å². The Morgan fingerprint density at radius 1 is 1.00 bits per heavy atom. The van der Waals surface area contributed by atoms with Crippen molar-refractivity contribution in [1.29, 1.82) is 0 Å². The molecule has 1 aromatic carbocycles. The quantitative estimate of drug-likeness (QED) is 0.719. The Morgan fingerprint density at radius 2 is 1.59 bits per heavy atom. The summed E-state index contributed by atoms with van der Waals surface area (Å²) in [7, 11) is 0. The first kappa shape index (κ1) is 15.7. The molecule has 3 rings (SSSR count). The Hall–Kier alpha value is -1.16. The predicted molar refractivity (Wildman–Crippen MR) is 93.1 cm³/mol. The second kappa shape index (κ2) is 6.15. The summed E-state index contributed by atoms with van der Waals surface area (Å²) in [5.41, 5.74) is 2.16. The zero-order valence-corrected chi connectivity index (χ0v) is 15.1. The Bertz CT molecular complexity index is 658. The summed E-state index contributed by atoms with van der Waals surface area (Å²) < 4.78 is 6.83. The fourth-order valence-electron chi connectivity index (χ4n) is 3.24. The van der Waals surface area contributed by atoms with Crippen LogP contribution in [0.1, 0.15) is 46.5 Å². The highest BCUT2D eigenvalue weighted by Gasteiger charge is 2.30. The molecule has 118 valence electrons. The molecule has 1 fully saturated rings. The second-order valence-electron chi connectivity index (χ2n) is 7.27. The third-order valence-corrected chi connectivity index (χ3v) is 5.19. The van der Waals surface area contributed by atoms with Crippen molar-refractivity contribution in [3.63, 3.8) is 0 Å². The fourth-order valence-corrected chi connectivity index (χ4v) is 3.62. The SMILES string of the molecule is CC(C)(C)C1CCC(Oc2nc3ccccc3nc2Br)CC1. The molecular formula is C18H23BrN2O. The molecule has 1 heterocycles. The van der Waals surface area contributed by atoms with Crippen LogP contribution >= 0.6 is 15.9 Å². The third-order valence-electron chi connectivity index (χ3n) is 4.68. The topological polar surface area (TPSA) is 35.0 Å². The minimum atomic E-state index is 0.255. The molecule has 0 radical (unpaired) electrons. The monoisotopic (exact) mass is 362 g/mol. The average Bonchev–Trinajstić information content (AvgIpc) is 2.48. The number of para-hydroxylation sites is 2. The van der Waals surface area contributed by atoms with Gasteiger partial charge in [-0.2, -0.15) is 0 Å². The first-order valence-electron chi connectivity index (χ1n) is 8.02. The number of aromatic nitrogens is 2. The van der Waals surface area contributed by atoms with Gasteiger partial charge < -0.3 is 4.74 Å². The molecule has 0 saturated heterocycles. The molecule has 0 atom stereocenters. The average molecular weight is 363 g/mol. The lowest BCUT2D eigenvalue weighted by molar-refractivity contribution is 0.0845. The van der Waals surface area contributed by atoms with Crippen molar-refractivity contribution < 1.29 is 4.74 Å².